The maximum Gasteiger partial charge on any atom is 0.266 e. The number of aryl methyl sites for hydroxylation is 1. The highest BCUT2D eigenvalue weighted by molar-refractivity contribution is 7.99. The fourth-order valence-corrected chi connectivity index (χ4v) is 3.83. The molecule has 4 rings (SSSR count). The van der Waals surface area contributed by atoms with Crippen LogP contribution in [0.5, 0.6) is 0 Å². The molecular formula is C23H19N5O2S. The van der Waals surface area contributed by atoms with E-state index in [-0.39, 0.29) is 17.2 Å². The van der Waals surface area contributed by atoms with E-state index < -0.39 is 0 Å². The average molecular weight is 430 g/mol. The van der Waals surface area contributed by atoms with Crippen molar-refractivity contribution in [2.75, 3.05) is 5.75 Å². The first-order chi connectivity index (χ1) is 15.1. The molecule has 31 heavy (non-hydrogen) atoms. The Morgan fingerprint density at radius 2 is 1.94 bits per heavy atom. The molecule has 7 nitrogen and oxygen atoms in total. The zero-order valence-corrected chi connectivity index (χ0v) is 17.5. The number of hydrogen-bond donors (Lipinski definition) is 1. The average Bonchev–Trinajstić information content (AvgIpc) is 2.79. The lowest BCUT2D eigenvalue weighted by molar-refractivity contribution is -0.118. The van der Waals surface area contributed by atoms with Gasteiger partial charge < -0.3 is 0 Å². The van der Waals surface area contributed by atoms with Gasteiger partial charge in [0, 0.05) is 18.0 Å². The molecule has 2 aromatic carbocycles. The van der Waals surface area contributed by atoms with Gasteiger partial charge in [0.25, 0.3) is 11.5 Å². The molecule has 0 saturated heterocycles. The number of aromatic nitrogens is 3. The van der Waals surface area contributed by atoms with E-state index in [2.05, 4.69) is 20.5 Å². The molecule has 0 saturated carbocycles. The number of para-hydroxylation sites is 2. The lowest BCUT2D eigenvalue weighted by Gasteiger charge is -2.14. The van der Waals surface area contributed by atoms with Crippen molar-refractivity contribution in [3.8, 4) is 5.69 Å². The molecule has 0 spiro atoms. The third-order valence-corrected chi connectivity index (χ3v) is 5.46. The number of benzene rings is 2. The first-order valence-electron chi connectivity index (χ1n) is 9.56. The van der Waals surface area contributed by atoms with Gasteiger partial charge in [-0.15, -0.1) is 0 Å². The standard InChI is InChI=1S/C23H19N5O2S/c1-16-7-2-5-11-20(16)28-22(30)18-9-3-4-10-19(18)26-23(28)31-15-21(29)27-25-14-17-8-6-12-24-13-17/h2-14H,15H2,1H3,(H,27,29)/b25-14+. The second-order valence-corrected chi connectivity index (χ2v) is 7.65. The van der Waals surface area contributed by atoms with Crippen molar-refractivity contribution < 1.29 is 4.79 Å². The lowest BCUT2D eigenvalue weighted by atomic mass is 10.2. The van der Waals surface area contributed by atoms with Crippen LogP contribution in [-0.4, -0.2) is 32.4 Å². The molecule has 154 valence electrons. The predicted octanol–water partition coefficient (Wildman–Crippen LogP) is 3.33. The van der Waals surface area contributed by atoms with Crippen LogP contribution >= 0.6 is 11.8 Å². The number of carbonyl (C=O) groups is 1. The zero-order valence-electron chi connectivity index (χ0n) is 16.7. The summed E-state index contributed by atoms with van der Waals surface area (Å²) in [5, 5.41) is 4.93. The molecular weight excluding hydrogens is 410 g/mol. The largest absolute Gasteiger partial charge is 0.272 e. The Kier molecular flexibility index (Phi) is 6.18. The number of carbonyl (C=O) groups excluding carboxylic acids is 1. The Balaban J connectivity index is 1.60. The van der Waals surface area contributed by atoms with E-state index in [1.807, 2.05) is 49.4 Å². The molecule has 0 aliphatic carbocycles. The maximum absolute atomic E-state index is 13.3. The summed E-state index contributed by atoms with van der Waals surface area (Å²) in [7, 11) is 0. The quantitative estimate of drug-likeness (QED) is 0.220. The second-order valence-electron chi connectivity index (χ2n) is 6.71. The van der Waals surface area contributed by atoms with Gasteiger partial charge in [-0.2, -0.15) is 5.10 Å². The first-order valence-corrected chi connectivity index (χ1v) is 10.5. The fraction of sp³-hybridized carbons (Fsp3) is 0.0870. The minimum atomic E-state index is -0.302. The van der Waals surface area contributed by atoms with E-state index in [1.54, 1.807) is 35.2 Å². The van der Waals surface area contributed by atoms with Gasteiger partial charge in [0.15, 0.2) is 5.16 Å². The third-order valence-electron chi connectivity index (χ3n) is 4.52. The van der Waals surface area contributed by atoms with Gasteiger partial charge in [-0.05, 0) is 36.8 Å². The number of hydrogen-bond acceptors (Lipinski definition) is 6. The van der Waals surface area contributed by atoms with Crippen LogP contribution in [-0.2, 0) is 4.79 Å². The first kappa shape index (κ1) is 20.5. The van der Waals surface area contributed by atoms with E-state index in [1.165, 1.54) is 18.0 Å². The summed E-state index contributed by atoms with van der Waals surface area (Å²) < 4.78 is 1.56. The van der Waals surface area contributed by atoms with E-state index in [4.69, 9.17) is 0 Å². The molecule has 0 radical (unpaired) electrons. The van der Waals surface area contributed by atoms with Crippen LogP contribution in [0, 0.1) is 6.92 Å². The molecule has 0 atom stereocenters. The lowest BCUT2D eigenvalue weighted by Crippen LogP contribution is -2.24. The summed E-state index contributed by atoms with van der Waals surface area (Å²) in [6.07, 6.45) is 4.83. The molecule has 0 aliphatic heterocycles. The van der Waals surface area contributed by atoms with Gasteiger partial charge in [-0.1, -0.05) is 48.2 Å². The molecule has 0 fully saturated rings. The maximum atomic E-state index is 13.3. The molecule has 2 heterocycles. The smallest absolute Gasteiger partial charge is 0.266 e. The highest BCUT2D eigenvalue weighted by atomic mass is 32.2. The molecule has 0 aliphatic rings. The van der Waals surface area contributed by atoms with Crippen molar-refractivity contribution in [3.63, 3.8) is 0 Å². The van der Waals surface area contributed by atoms with Crippen molar-refractivity contribution in [3.05, 3.63) is 94.5 Å². The van der Waals surface area contributed by atoms with Crippen LogP contribution in [0.1, 0.15) is 11.1 Å². The molecule has 1 amide bonds. The van der Waals surface area contributed by atoms with Crippen LogP contribution < -0.4 is 11.0 Å². The van der Waals surface area contributed by atoms with Crippen molar-refractivity contribution in [2.24, 2.45) is 5.10 Å². The number of thioether (sulfide) groups is 1. The molecule has 0 unspecified atom stereocenters. The summed E-state index contributed by atoms with van der Waals surface area (Å²) in [5.74, 6) is -0.245. The number of nitrogens with one attached hydrogen (secondary N) is 1. The van der Waals surface area contributed by atoms with Crippen molar-refractivity contribution in [1.29, 1.82) is 0 Å². The highest BCUT2D eigenvalue weighted by Crippen LogP contribution is 2.22. The van der Waals surface area contributed by atoms with E-state index >= 15 is 0 Å². The fourth-order valence-electron chi connectivity index (χ4n) is 3.03. The number of rotatable bonds is 6. The monoisotopic (exact) mass is 429 g/mol. The second kappa shape index (κ2) is 9.36. The van der Waals surface area contributed by atoms with Gasteiger partial charge in [0.2, 0.25) is 0 Å². The van der Waals surface area contributed by atoms with Crippen LogP contribution in [0.2, 0.25) is 0 Å². The van der Waals surface area contributed by atoms with Gasteiger partial charge >= 0.3 is 0 Å². The third kappa shape index (κ3) is 4.70. The Bertz CT molecular complexity index is 1320. The van der Waals surface area contributed by atoms with Crippen LogP contribution in [0.15, 0.2) is 88.1 Å². The van der Waals surface area contributed by atoms with Crippen LogP contribution in [0.3, 0.4) is 0 Å². The Morgan fingerprint density at radius 3 is 2.74 bits per heavy atom. The van der Waals surface area contributed by atoms with Gasteiger partial charge in [-0.25, -0.2) is 10.4 Å². The molecule has 2 aromatic heterocycles. The van der Waals surface area contributed by atoms with Crippen molar-refractivity contribution >= 4 is 34.8 Å². The van der Waals surface area contributed by atoms with Crippen LogP contribution in [0.4, 0.5) is 0 Å². The SMILES string of the molecule is Cc1ccccc1-n1c(SCC(=O)N/N=C/c2cccnc2)nc2ccccc2c1=O. The van der Waals surface area contributed by atoms with E-state index in [0.29, 0.717) is 16.1 Å². The number of fused-ring (bicyclic) bond motifs is 1. The van der Waals surface area contributed by atoms with E-state index in [9.17, 15) is 9.59 Å². The predicted molar refractivity (Wildman–Crippen MR) is 123 cm³/mol. The summed E-state index contributed by atoms with van der Waals surface area (Å²) in [6, 6.07) is 18.4. The Labute approximate surface area is 182 Å². The normalized spacial score (nSPS) is 11.1. The molecule has 1 N–H and O–H groups in total. The summed E-state index contributed by atoms with van der Waals surface area (Å²) in [6.45, 7) is 1.94. The molecule has 0 bridgehead atoms. The zero-order chi connectivity index (χ0) is 21.6. The summed E-state index contributed by atoms with van der Waals surface area (Å²) in [4.78, 5) is 34.2. The number of pyridine rings is 1. The summed E-state index contributed by atoms with van der Waals surface area (Å²) >= 11 is 1.19. The minimum absolute atomic E-state index is 0.0566. The molecule has 4 aromatic rings. The van der Waals surface area contributed by atoms with E-state index in [0.717, 1.165) is 16.8 Å². The van der Waals surface area contributed by atoms with Gasteiger partial charge in [0.05, 0.1) is 28.6 Å². The minimum Gasteiger partial charge on any atom is -0.272 e. The number of amides is 1. The summed E-state index contributed by atoms with van der Waals surface area (Å²) in [5.41, 5.74) is 5.37. The highest BCUT2D eigenvalue weighted by Gasteiger charge is 2.15. The van der Waals surface area contributed by atoms with Gasteiger partial charge in [-0.3, -0.25) is 19.1 Å². The Morgan fingerprint density at radius 1 is 1.13 bits per heavy atom. The van der Waals surface area contributed by atoms with Crippen molar-refractivity contribution in [2.45, 2.75) is 12.1 Å². The topological polar surface area (TPSA) is 89.2 Å². The van der Waals surface area contributed by atoms with Crippen molar-refractivity contribution in [1.82, 2.24) is 20.0 Å². The van der Waals surface area contributed by atoms with Crippen LogP contribution in [0.25, 0.3) is 16.6 Å². The number of nitrogens with zero attached hydrogens (tertiary/aromatic N) is 4. The van der Waals surface area contributed by atoms with Gasteiger partial charge in [0.1, 0.15) is 0 Å². The Hall–Kier alpha value is -3.78. The number of hydrazone groups is 1. The molecule has 8 heteroatoms.